The average Bonchev–Trinajstić information content (AvgIpc) is 2.84. The second-order valence-corrected chi connectivity index (χ2v) is 9.74. The van der Waals surface area contributed by atoms with E-state index in [0.717, 1.165) is 32.1 Å². The van der Waals surface area contributed by atoms with E-state index >= 15 is 0 Å². The molecule has 35 heavy (non-hydrogen) atoms. The summed E-state index contributed by atoms with van der Waals surface area (Å²) >= 11 is 0. The van der Waals surface area contributed by atoms with Crippen molar-refractivity contribution in [1.29, 1.82) is 0 Å². The Morgan fingerprint density at radius 1 is 1.03 bits per heavy atom. The maximum atomic E-state index is 14.3. The molecule has 190 valence electrons. The Hall–Kier alpha value is -2.89. The van der Waals surface area contributed by atoms with Crippen molar-refractivity contribution in [3.05, 3.63) is 65.5 Å². The average molecular weight is 483 g/mol. The predicted molar refractivity (Wildman–Crippen MR) is 137 cm³/mol. The van der Waals surface area contributed by atoms with Crippen molar-refractivity contribution in [2.75, 3.05) is 26.2 Å². The van der Waals surface area contributed by atoms with Crippen LogP contribution in [0.1, 0.15) is 68.8 Å². The Bertz CT molecular complexity index is 978. The lowest BCUT2D eigenvalue weighted by Gasteiger charge is -2.34. The van der Waals surface area contributed by atoms with Crippen LogP contribution in [-0.2, 0) is 11.2 Å². The Labute approximate surface area is 209 Å². The van der Waals surface area contributed by atoms with Crippen molar-refractivity contribution in [3.63, 3.8) is 0 Å². The molecule has 0 N–H and O–H groups in total. The van der Waals surface area contributed by atoms with E-state index in [1.54, 1.807) is 18.2 Å². The molecule has 5 nitrogen and oxygen atoms in total. The van der Waals surface area contributed by atoms with Crippen molar-refractivity contribution in [2.45, 2.75) is 65.3 Å². The van der Waals surface area contributed by atoms with Crippen LogP contribution in [0.2, 0.25) is 0 Å². The van der Waals surface area contributed by atoms with Gasteiger partial charge in [-0.05, 0) is 55.9 Å². The summed E-state index contributed by atoms with van der Waals surface area (Å²) in [6.45, 7) is 8.52. The quantitative estimate of drug-likeness (QED) is 0.547. The van der Waals surface area contributed by atoms with Gasteiger partial charge in [0.25, 0.3) is 5.91 Å². The molecule has 0 fully saturated rings. The third-order valence-electron chi connectivity index (χ3n) is 6.60. The fourth-order valence-corrected chi connectivity index (χ4v) is 4.71. The van der Waals surface area contributed by atoms with E-state index in [9.17, 15) is 14.0 Å². The number of amides is 2. The molecule has 6 heteroatoms. The third kappa shape index (κ3) is 7.55. The van der Waals surface area contributed by atoms with Crippen LogP contribution >= 0.6 is 0 Å². The van der Waals surface area contributed by atoms with Gasteiger partial charge in [-0.15, -0.1) is 0 Å². The van der Waals surface area contributed by atoms with Crippen LogP contribution in [0.3, 0.4) is 0 Å². The molecule has 3 rings (SSSR count). The number of benzene rings is 2. The Kier molecular flexibility index (Phi) is 10.1. The summed E-state index contributed by atoms with van der Waals surface area (Å²) in [4.78, 5) is 30.5. The fraction of sp³-hybridized carbons (Fsp3) is 0.517. The molecule has 0 radical (unpaired) electrons. The van der Waals surface area contributed by atoms with Gasteiger partial charge in [-0.2, -0.15) is 0 Å². The van der Waals surface area contributed by atoms with Gasteiger partial charge in [0.2, 0.25) is 5.91 Å². The topological polar surface area (TPSA) is 49.9 Å². The summed E-state index contributed by atoms with van der Waals surface area (Å²) in [5, 5.41) is 0. The number of fused-ring (bicyclic) bond motifs is 1. The predicted octanol–water partition coefficient (Wildman–Crippen LogP) is 5.73. The maximum absolute atomic E-state index is 14.3. The lowest BCUT2D eigenvalue weighted by atomic mass is 10.0. The highest BCUT2D eigenvalue weighted by Crippen LogP contribution is 2.24. The Morgan fingerprint density at radius 2 is 1.71 bits per heavy atom. The molecule has 0 unspecified atom stereocenters. The van der Waals surface area contributed by atoms with E-state index in [-0.39, 0.29) is 36.7 Å². The van der Waals surface area contributed by atoms with Gasteiger partial charge < -0.3 is 14.5 Å². The molecule has 1 aliphatic rings. The molecule has 2 aromatic carbocycles. The Morgan fingerprint density at radius 3 is 2.43 bits per heavy atom. The first-order chi connectivity index (χ1) is 16.9. The number of rotatable bonds is 5. The summed E-state index contributed by atoms with van der Waals surface area (Å²) in [6, 6.07) is 13.7. The van der Waals surface area contributed by atoms with Crippen molar-refractivity contribution < 1.29 is 18.7 Å². The first-order valence-electron chi connectivity index (χ1n) is 12.9. The van der Waals surface area contributed by atoms with Crippen LogP contribution in [0.25, 0.3) is 0 Å². The highest BCUT2D eigenvalue weighted by molar-refractivity contribution is 5.96. The lowest BCUT2D eigenvalue weighted by Crippen LogP contribution is -2.46. The zero-order valence-electron chi connectivity index (χ0n) is 21.3. The summed E-state index contributed by atoms with van der Waals surface area (Å²) in [7, 11) is 0. The van der Waals surface area contributed by atoms with Crippen molar-refractivity contribution in [1.82, 2.24) is 9.80 Å². The van der Waals surface area contributed by atoms with Gasteiger partial charge in [0.05, 0.1) is 18.0 Å². The summed E-state index contributed by atoms with van der Waals surface area (Å²) < 4.78 is 20.6. The second kappa shape index (κ2) is 13.3. The minimum atomic E-state index is -0.354. The van der Waals surface area contributed by atoms with E-state index in [0.29, 0.717) is 42.4 Å². The van der Waals surface area contributed by atoms with Gasteiger partial charge in [0.15, 0.2) is 0 Å². The molecule has 0 saturated heterocycles. The molecular formula is C29H39FN2O3. The first-order valence-corrected chi connectivity index (χ1v) is 12.9. The van der Waals surface area contributed by atoms with Crippen molar-refractivity contribution >= 4 is 11.8 Å². The van der Waals surface area contributed by atoms with Gasteiger partial charge in [0, 0.05) is 19.6 Å². The highest BCUT2D eigenvalue weighted by Gasteiger charge is 2.27. The molecule has 0 spiro atoms. The number of hydrogen-bond acceptors (Lipinski definition) is 3. The van der Waals surface area contributed by atoms with Crippen LogP contribution < -0.4 is 4.74 Å². The number of nitrogens with zero attached hydrogens (tertiary/aromatic N) is 2. The second-order valence-electron chi connectivity index (χ2n) is 9.74. The summed E-state index contributed by atoms with van der Waals surface area (Å²) in [6.07, 6.45) is 4.55. The summed E-state index contributed by atoms with van der Waals surface area (Å²) in [5.41, 5.74) is 0.968. The van der Waals surface area contributed by atoms with Gasteiger partial charge in [-0.1, -0.05) is 57.0 Å². The summed E-state index contributed by atoms with van der Waals surface area (Å²) in [5.74, 6) is 0.431. The maximum Gasteiger partial charge on any atom is 0.257 e. The Balaban J connectivity index is 1.89. The van der Waals surface area contributed by atoms with Gasteiger partial charge >= 0.3 is 0 Å². The smallest absolute Gasteiger partial charge is 0.257 e. The number of carbonyl (C=O) groups is 2. The normalized spacial score (nSPS) is 18.1. The largest absolute Gasteiger partial charge is 0.491 e. The van der Waals surface area contributed by atoms with Crippen molar-refractivity contribution in [3.8, 4) is 5.75 Å². The number of carbonyl (C=O) groups excluding carboxylic acids is 2. The molecule has 1 heterocycles. The monoisotopic (exact) mass is 482 g/mol. The minimum Gasteiger partial charge on any atom is -0.491 e. The van der Waals surface area contributed by atoms with Gasteiger partial charge in [-0.3, -0.25) is 9.59 Å². The van der Waals surface area contributed by atoms with Crippen LogP contribution in [0, 0.1) is 11.7 Å². The zero-order chi connectivity index (χ0) is 25.2. The minimum absolute atomic E-state index is 0.0203. The first kappa shape index (κ1) is 26.7. The van der Waals surface area contributed by atoms with Crippen LogP contribution in [0.4, 0.5) is 4.39 Å². The van der Waals surface area contributed by atoms with Gasteiger partial charge in [0.1, 0.15) is 18.2 Å². The SMILES string of the molecule is CCN1CCCCCCN(C(=O)Cc2ccccc2F)[C@@H](CC(C)C)COc2ccccc2C1=O. The van der Waals surface area contributed by atoms with Crippen LogP contribution in [-0.4, -0.2) is 53.9 Å². The molecule has 0 aliphatic carbocycles. The molecule has 0 aromatic heterocycles. The molecule has 1 aliphatic heterocycles. The van der Waals surface area contributed by atoms with Crippen LogP contribution in [0.5, 0.6) is 5.75 Å². The molecule has 2 amide bonds. The zero-order valence-corrected chi connectivity index (χ0v) is 21.3. The molecule has 0 bridgehead atoms. The number of ether oxygens (including phenoxy) is 1. The lowest BCUT2D eigenvalue weighted by molar-refractivity contribution is -0.134. The fourth-order valence-electron chi connectivity index (χ4n) is 4.71. The van der Waals surface area contributed by atoms with E-state index in [1.807, 2.05) is 41.0 Å². The van der Waals surface area contributed by atoms with E-state index in [4.69, 9.17) is 4.74 Å². The molecule has 2 aromatic rings. The molecule has 1 atom stereocenters. The standard InChI is InChI=1S/C29H39FN2O3/c1-4-31-17-11-5-6-12-18-32(28(33)20-23-13-7-9-15-26(23)30)24(19-22(2)3)21-35-27-16-10-8-14-25(27)29(31)34/h7-10,13-16,22,24H,4-6,11-12,17-21H2,1-3H3/t24-/m0/s1. The van der Waals surface area contributed by atoms with Crippen LogP contribution in [0.15, 0.2) is 48.5 Å². The van der Waals surface area contributed by atoms with E-state index < -0.39 is 0 Å². The van der Waals surface area contributed by atoms with E-state index in [2.05, 4.69) is 13.8 Å². The number of para-hydroxylation sites is 1. The number of hydrogen-bond donors (Lipinski definition) is 0. The molecular weight excluding hydrogens is 443 g/mol. The highest BCUT2D eigenvalue weighted by atomic mass is 19.1. The molecule has 0 saturated carbocycles. The third-order valence-corrected chi connectivity index (χ3v) is 6.60. The van der Waals surface area contributed by atoms with E-state index in [1.165, 1.54) is 6.07 Å². The number of halogens is 1. The van der Waals surface area contributed by atoms with Gasteiger partial charge in [-0.25, -0.2) is 4.39 Å². The van der Waals surface area contributed by atoms with Crippen molar-refractivity contribution in [2.24, 2.45) is 5.92 Å².